The lowest BCUT2D eigenvalue weighted by molar-refractivity contribution is -0.0869. The molecule has 0 atom stereocenters. The number of rotatable bonds is 2. The maximum absolute atomic E-state index is 12.5. The fourth-order valence-electron chi connectivity index (χ4n) is 1.66. The predicted molar refractivity (Wildman–Crippen MR) is 64.7 cm³/mol. The molecule has 2 rings (SSSR count). The molecule has 0 saturated heterocycles. The predicted octanol–water partition coefficient (Wildman–Crippen LogP) is 4.48. The smallest absolute Gasteiger partial charge is 0.166 e. The quantitative estimate of drug-likeness (QED) is 0.733. The molecule has 0 aliphatic carbocycles. The molecule has 2 aromatic carbocycles. The highest BCUT2D eigenvalue weighted by atomic mass is 19.4. The molecular formula is C15H10F3. The first-order valence-electron chi connectivity index (χ1n) is 5.39. The van der Waals surface area contributed by atoms with Crippen LogP contribution < -0.4 is 0 Å². The van der Waals surface area contributed by atoms with E-state index in [9.17, 15) is 13.2 Å². The van der Waals surface area contributed by atoms with Gasteiger partial charge in [-0.05, 0) is 11.1 Å². The molecule has 0 heterocycles. The van der Waals surface area contributed by atoms with Crippen LogP contribution >= 0.6 is 0 Å². The van der Waals surface area contributed by atoms with Crippen molar-refractivity contribution in [1.29, 1.82) is 0 Å². The average molecular weight is 247 g/mol. The summed E-state index contributed by atoms with van der Waals surface area (Å²) < 4.78 is 37.6. The first-order valence-corrected chi connectivity index (χ1v) is 5.39. The van der Waals surface area contributed by atoms with Crippen molar-refractivity contribution in [2.75, 3.05) is 0 Å². The Hall–Kier alpha value is -2.03. The lowest BCUT2D eigenvalue weighted by atomic mass is 9.97. The molecule has 0 unspecified atom stereocenters. The van der Waals surface area contributed by atoms with Gasteiger partial charge in [-0.2, -0.15) is 13.2 Å². The van der Waals surface area contributed by atoms with E-state index >= 15 is 0 Å². The van der Waals surface area contributed by atoms with Gasteiger partial charge >= 0.3 is 6.18 Å². The maximum atomic E-state index is 12.5. The summed E-state index contributed by atoms with van der Waals surface area (Å²) in [7, 11) is 0. The van der Waals surface area contributed by atoms with E-state index < -0.39 is 6.18 Å². The molecule has 0 saturated carbocycles. The van der Waals surface area contributed by atoms with E-state index in [2.05, 4.69) is 0 Å². The standard InChI is InChI=1S/C15H10F3/c16-15(17,18)11-14(12-7-3-1-4-8-12)13-9-5-2-6-10-13/h1-10H. The van der Waals surface area contributed by atoms with E-state index in [0.29, 0.717) is 11.1 Å². The van der Waals surface area contributed by atoms with Crippen molar-refractivity contribution in [3.63, 3.8) is 0 Å². The van der Waals surface area contributed by atoms with Crippen molar-refractivity contribution in [1.82, 2.24) is 0 Å². The molecule has 0 aliphatic rings. The SMILES string of the molecule is FC(F)(F)[C]=C(c1ccccc1)c1ccccc1. The zero-order chi connectivity index (χ0) is 13.0. The van der Waals surface area contributed by atoms with E-state index in [1.54, 1.807) is 66.7 Å². The van der Waals surface area contributed by atoms with Crippen LogP contribution in [0, 0.1) is 6.08 Å². The van der Waals surface area contributed by atoms with Gasteiger partial charge in [-0.3, -0.25) is 0 Å². The van der Waals surface area contributed by atoms with E-state index in [0.717, 1.165) is 0 Å². The normalized spacial score (nSPS) is 11.1. The number of alkyl halides is 3. The minimum atomic E-state index is -4.46. The van der Waals surface area contributed by atoms with Crippen molar-refractivity contribution >= 4 is 5.57 Å². The minimum absolute atomic E-state index is 0.0590. The van der Waals surface area contributed by atoms with Crippen molar-refractivity contribution in [3.8, 4) is 0 Å². The van der Waals surface area contributed by atoms with Crippen LogP contribution in [0.3, 0.4) is 0 Å². The van der Waals surface area contributed by atoms with Gasteiger partial charge in [0, 0.05) is 5.57 Å². The van der Waals surface area contributed by atoms with Crippen LogP contribution in [0.5, 0.6) is 0 Å². The molecule has 0 N–H and O–H groups in total. The fraction of sp³-hybridized carbons (Fsp3) is 0.0667. The molecule has 18 heavy (non-hydrogen) atoms. The first kappa shape index (κ1) is 12.4. The van der Waals surface area contributed by atoms with Crippen molar-refractivity contribution in [2.45, 2.75) is 6.18 Å². The summed E-state index contributed by atoms with van der Waals surface area (Å²) in [4.78, 5) is 0. The zero-order valence-corrected chi connectivity index (χ0v) is 9.41. The highest BCUT2D eigenvalue weighted by Crippen LogP contribution is 2.28. The number of hydrogen-bond donors (Lipinski definition) is 0. The van der Waals surface area contributed by atoms with Crippen LogP contribution in [0.1, 0.15) is 11.1 Å². The summed E-state index contributed by atoms with van der Waals surface area (Å²) in [6.45, 7) is 0. The second-order valence-corrected chi connectivity index (χ2v) is 3.73. The molecule has 0 nitrogen and oxygen atoms in total. The summed E-state index contributed by atoms with van der Waals surface area (Å²) in [5.74, 6) is 0. The lowest BCUT2D eigenvalue weighted by Gasteiger charge is -2.09. The van der Waals surface area contributed by atoms with Crippen molar-refractivity contribution in [3.05, 3.63) is 77.9 Å². The van der Waals surface area contributed by atoms with Gasteiger partial charge in [0.1, 0.15) is 0 Å². The van der Waals surface area contributed by atoms with Gasteiger partial charge in [0.15, 0.2) is 0 Å². The van der Waals surface area contributed by atoms with Gasteiger partial charge in [0.2, 0.25) is 0 Å². The van der Waals surface area contributed by atoms with Gasteiger partial charge in [0.05, 0.1) is 6.08 Å². The number of halogens is 3. The summed E-state index contributed by atoms with van der Waals surface area (Å²) >= 11 is 0. The monoisotopic (exact) mass is 247 g/mol. The van der Waals surface area contributed by atoms with Crippen LogP contribution in [-0.2, 0) is 0 Å². The fourth-order valence-corrected chi connectivity index (χ4v) is 1.66. The highest BCUT2D eigenvalue weighted by molar-refractivity contribution is 5.78. The Morgan fingerprint density at radius 2 is 1.11 bits per heavy atom. The molecule has 0 aromatic heterocycles. The molecule has 91 valence electrons. The van der Waals surface area contributed by atoms with Crippen LogP contribution in [0.25, 0.3) is 5.57 Å². The van der Waals surface area contributed by atoms with E-state index in [-0.39, 0.29) is 5.57 Å². The first-order chi connectivity index (χ1) is 8.56. The topological polar surface area (TPSA) is 0 Å². The number of allylic oxidation sites excluding steroid dienone is 1. The van der Waals surface area contributed by atoms with Gasteiger partial charge in [-0.25, -0.2) is 0 Å². The summed E-state index contributed by atoms with van der Waals surface area (Å²) in [5, 5.41) is 0. The minimum Gasteiger partial charge on any atom is -0.166 e. The van der Waals surface area contributed by atoms with Gasteiger partial charge in [0.25, 0.3) is 0 Å². The van der Waals surface area contributed by atoms with Gasteiger partial charge in [-0.1, -0.05) is 60.7 Å². The average Bonchev–Trinajstić information content (AvgIpc) is 2.37. The molecule has 0 spiro atoms. The molecule has 3 heteroatoms. The summed E-state index contributed by atoms with van der Waals surface area (Å²) in [6, 6.07) is 16.9. The van der Waals surface area contributed by atoms with Crippen LogP contribution in [0.4, 0.5) is 13.2 Å². The maximum Gasteiger partial charge on any atom is 0.417 e. The Kier molecular flexibility index (Phi) is 3.51. The Morgan fingerprint density at radius 1 is 0.722 bits per heavy atom. The summed E-state index contributed by atoms with van der Waals surface area (Å²) in [6.07, 6.45) is -2.85. The molecule has 0 amide bonds. The lowest BCUT2D eigenvalue weighted by Crippen LogP contribution is -2.05. The van der Waals surface area contributed by atoms with Crippen molar-refractivity contribution in [2.24, 2.45) is 0 Å². The third kappa shape index (κ3) is 3.23. The van der Waals surface area contributed by atoms with Crippen LogP contribution in [-0.4, -0.2) is 6.18 Å². The molecule has 0 aliphatic heterocycles. The molecule has 0 bridgehead atoms. The second-order valence-electron chi connectivity index (χ2n) is 3.73. The van der Waals surface area contributed by atoms with Crippen LogP contribution in [0.2, 0.25) is 0 Å². The third-order valence-corrected chi connectivity index (χ3v) is 2.39. The molecule has 2 aromatic rings. The largest absolute Gasteiger partial charge is 0.417 e. The van der Waals surface area contributed by atoms with Crippen LogP contribution in [0.15, 0.2) is 60.7 Å². The van der Waals surface area contributed by atoms with Gasteiger partial charge < -0.3 is 0 Å². The Bertz CT molecular complexity index is 483. The van der Waals surface area contributed by atoms with Crippen molar-refractivity contribution < 1.29 is 13.2 Å². The Morgan fingerprint density at radius 3 is 1.44 bits per heavy atom. The van der Waals surface area contributed by atoms with Gasteiger partial charge in [-0.15, -0.1) is 0 Å². The summed E-state index contributed by atoms with van der Waals surface area (Å²) in [5.41, 5.74) is 1.06. The zero-order valence-electron chi connectivity index (χ0n) is 9.41. The number of benzene rings is 2. The second kappa shape index (κ2) is 5.08. The Balaban J connectivity index is 2.53. The van der Waals surface area contributed by atoms with E-state index in [4.69, 9.17) is 0 Å². The molecular weight excluding hydrogens is 237 g/mol. The highest BCUT2D eigenvalue weighted by Gasteiger charge is 2.26. The van der Waals surface area contributed by atoms with E-state index in [1.165, 1.54) is 0 Å². The Labute approximate surface area is 103 Å². The molecule has 0 fully saturated rings. The number of hydrogen-bond acceptors (Lipinski definition) is 0. The molecule has 1 radical (unpaired) electrons. The van der Waals surface area contributed by atoms with E-state index in [1.807, 2.05) is 0 Å². The third-order valence-electron chi connectivity index (χ3n) is 2.39.